The molecule has 0 spiro atoms. The zero-order valence-electron chi connectivity index (χ0n) is 15.0. The lowest BCUT2D eigenvalue weighted by molar-refractivity contribution is 0.409. The Bertz CT molecular complexity index is 1040. The van der Waals surface area contributed by atoms with Gasteiger partial charge in [0.25, 0.3) is 10.0 Å². The van der Waals surface area contributed by atoms with E-state index in [1.165, 1.54) is 11.1 Å². The van der Waals surface area contributed by atoms with Crippen LogP contribution in [0.5, 0.6) is 11.5 Å². The lowest BCUT2D eigenvalue weighted by atomic mass is 10.1. The molecule has 0 atom stereocenters. The van der Waals surface area contributed by atoms with Crippen molar-refractivity contribution in [3.63, 3.8) is 0 Å². The average Bonchev–Trinajstić information content (AvgIpc) is 3.02. The zero-order valence-corrected chi connectivity index (χ0v) is 15.8. The molecule has 0 saturated heterocycles. The summed E-state index contributed by atoms with van der Waals surface area (Å²) in [5.41, 5.74) is 7.97. The summed E-state index contributed by atoms with van der Waals surface area (Å²) in [6.45, 7) is 2.30. The van der Waals surface area contributed by atoms with Gasteiger partial charge in [0.2, 0.25) is 0 Å². The van der Waals surface area contributed by atoms with Gasteiger partial charge >= 0.3 is 0 Å². The van der Waals surface area contributed by atoms with E-state index in [9.17, 15) is 8.42 Å². The smallest absolute Gasteiger partial charge is 0.268 e. The van der Waals surface area contributed by atoms with Crippen LogP contribution in [-0.2, 0) is 16.4 Å². The Morgan fingerprint density at radius 1 is 1.00 bits per heavy atom. The van der Waals surface area contributed by atoms with Crippen molar-refractivity contribution in [3.8, 4) is 11.5 Å². The highest BCUT2D eigenvalue weighted by atomic mass is 32.2. The minimum atomic E-state index is -3.80. The van der Waals surface area contributed by atoms with Gasteiger partial charge < -0.3 is 15.2 Å². The largest absolute Gasteiger partial charge is 0.496 e. The Kier molecular flexibility index (Phi) is 4.93. The molecule has 0 aliphatic rings. The number of nitrogens with two attached hydrogens (primary N) is 1. The topological polar surface area (TPSA) is 83.6 Å². The summed E-state index contributed by atoms with van der Waals surface area (Å²) in [5, 5.41) is 0.702. The monoisotopic (exact) mass is 374 g/mol. The molecule has 6 nitrogen and oxygen atoms in total. The number of hydrogen-bond donors (Lipinski definition) is 1. The van der Waals surface area contributed by atoms with Crippen LogP contribution in [0.2, 0.25) is 0 Å². The van der Waals surface area contributed by atoms with Crippen LogP contribution in [0.25, 0.3) is 10.9 Å². The highest BCUT2D eigenvalue weighted by molar-refractivity contribution is 7.90. The van der Waals surface area contributed by atoms with E-state index in [0.29, 0.717) is 35.4 Å². The van der Waals surface area contributed by atoms with Crippen molar-refractivity contribution in [1.82, 2.24) is 3.97 Å². The van der Waals surface area contributed by atoms with E-state index in [2.05, 4.69) is 0 Å². The number of ether oxygens (including phenoxy) is 2. The number of fused-ring (bicyclic) bond motifs is 1. The molecule has 1 heterocycles. The van der Waals surface area contributed by atoms with E-state index >= 15 is 0 Å². The molecule has 26 heavy (non-hydrogen) atoms. The van der Waals surface area contributed by atoms with E-state index in [4.69, 9.17) is 15.2 Å². The van der Waals surface area contributed by atoms with Crippen molar-refractivity contribution in [2.24, 2.45) is 5.73 Å². The predicted molar refractivity (Wildman–Crippen MR) is 102 cm³/mol. The molecule has 7 heteroatoms. The van der Waals surface area contributed by atoms with Crippen molar-refractivity contribution in [3.05, 3.63) is 53.7 Å². The fraction of sp³-hybridized carbons (Fsp3) is 0.263. The molecule has 0 fully saturated rings. The number of benzene rings is 2. The van der Waals surface area contributed by atoms with Gasteiger partial charge in [-0.15, -0.1) is 0 Å². The lowest BCUT2D eigenvalue weighted by Gasteiger charge is -2.12. The van der Waals surface area contributed by atoms with Crippen molar-refractivity contribution in [2.45, 2.75) is 18.2 Å². The van der Waals surface area contributed by atoms with Crippen LogP contribution in [0.3, 0.4) is 0 Å². The summed E-state index contributed by atoms with van der Waals surface area (Å²) < 4.78 is 38.7. The number of nitrogens with zero attached hydrogens (tertiary/aromatic N) is 1. The van der Waals surface area contributed by atoms with Gasteiger partial charge in [0, 0.05) is 11.6 Å². The standard InChI is InChI=1S/C19H22N2O4S/c1-13-4-6-15(7-5-13)26(22,23)21-12-14(10-11-20)18-16(24-2)8-9-17(25-3)19(18)21/h4-9,12H,10-11,20H2,1-3H3. The summed E-state index contributed by atoms with van der Waals surface area (Å²) >= 11 is 0. The number of aromatic nitrogens is 1. The van der Waals surface area contributed by atoms with Crippen molar-refractivity contribution >= 4 is 20.9 Å². The summed E-state index contributed by atoms with van der Waals surface area (Å²) in [4.78, 5) is 0.212. The van der Waals surface area contributed by atoms with Crippen molar-refractivity contribution < 1.29 is 17.9 Å². The SMILES string of the molecule is COc1ccc(OC)c2c1c(CCN)cn2S(=O)(=O)c1ccc(C)cc1. The Balaban J connectivity index is 2.37. The third-order valence-corrected chi connectivity index (χ3v) is 6.02. The van der Waals surface area contributed by atoms with E-state index < -0.39 is 10.0 Å². The highest BCUT2D eigenvalue weighted by Gasteiger charge is 2.25. The molecule has 0 unspecified atom stereocenters. The molecule has 2 N–H and O–H groups in total. The first-order valence-corrected chi connectivity index (χ1v) is 9.65. The molecule has 0 amide bonds. The van der Waals surface area contributed by atoms with Crippen LogP contribution >= 0.6 is 0 Å². The Labute approximate surface area is 153 Å². The Hall–Kier alpha value is -2.51. The summed E-state index contributed by atoms with van der Waals surface area (Å²) in [7, 11) is -0.729. The first-order chi connectivity index (χ1) is 12.4. The molecule has 0 aliphatic carbocycles. The summed E-state index contributed by atoms with van der Waals surface area (Å²) in [6.07, 6.45) is 2.13. The molecule has 3 aromatic rings. The molecule has 0 saturated carbocycles. The van der Waals surface area contributed by atoms with Gasteiger partial charge in [-0.25, -0.2) is 12.4 Å². The number of aryl methyl sites for hydroxylation is 1. The first kappa shape index (κ1) is 18.3. The zero-order chi connectivity index (χ0) is 18.9. The second-order valence-corrected chi connectivity index (χ2v) is 7.82. The summed E-state index contributed by atoms with van der Waals surface area (Å²) in [6, 6.07) is 10.2. The molecule has 0 aliphatic heterocycles. The molecule has 1 aromatic heterocycles. The van der Waals surface area contributed by atoms with E-state index in [0.717, 1.165) is 11.1 Å². The quantitative estimate of drug-likeness (QED) is 0.717. The van der Waals surface area contributed by atoms with Crippen LogP contribution < -0.4 is 15.2 Å². The molecule has 138 valence electrons. The normalized spacial score (nSPS) is 11.7. The van der Waals surface area contributed by atoms with Crippen LogP contribution in [0.1, 0.15) is 11.1 Å². The molecule has 0 bridgehead atoms. The minimum absolute atomic E-state index is 0.212. The van der Waals surface area contributed by atoms with E-state index in [1.54, 1.807) is 49.7 Å². The van der Waals surface area contributed by atoms with Crippen molar-refractivity contribution in [2.75, 3.05) is 20.8 Å². The van der Waals surface area contributed by atoms with Gasteiger partial charge in [-0.05, 0) is 49.7 Å². The molecule has 0 radical (unpaired) electrons. The van der Waals surface area contributed by atoms with Gasteiger partial charge in [0.15, 0.2) is 0 Å². The third kappa shape index (κ3) is 2.93. The number of rotatable bonds is 6. The molecule has 2 aromatic carbocycles. The average molecular weight is 374 g/mol. The van der Waals surface area contributed by atoms with Gasteiger partial charge in [0.05, 0.1) is 19.1 Å². The van der Waals surface area contributed by atoms with E-state index in [1.807, 2.05) is 6.92 Å². The number of methoxy groups -OCH3 is 2. The van der Waals surface area contributed by atoms with E-state index in [-0.39, 0.29) is 4.90 Å². The second kappa shape index (κ2) is 7.01. The Morgan fingerprint density at radius 2 is 1.62 bits per heavy atom. The molecule has 3 rings (SSSR count). The van der Waals surface area contributed by atoms with Crippen LogP contribution in [-0.4, -0.2) is 33.2 Å². The fourth-order valence-electron chi connectivity index (χ4n) is 3.05. The van der Waals surface area contributed by atoms with Crippen LogP contribution in [0.15, 0.2) is 47.5 Å². The minimum Gasteiger partial charge on any atom is -0.496 e. The second-order valence-electron chi connectivity index (χ2n) is 6.00. The first-order valence-electron chi connectivity index (χ1n) is 8.21. The fourth-order valence-corrected chi connectivity index (χ4v) is 4.44. The van der Waals surface area contributed by atoms with Gasteiger partial charge in [-0.1, -0.05) is 17.7 Å². The van der Waals surface area contributed by atoms with Gasteiger partial charge in [-0.2, -0.15) is 0 Å². The highest BCUT2D eigenvalue weighted by Crippen LogP contribution is 2.38. The Morgan fingerprint density at radius 3 is 2.19 bits per heavy atom. The van der Waals surface area contributed by atoms with Crippen LogP contribution in [0.4, 0.5) is 0 Å². The van der Waals surface area contributed by atoms with Crippen LogP contribution in [0, 0.1) is 6.92 Å². The van der Waals surface area contributed by atoms with Crippen molar-refractivity contribution in [1.29, 1.82) is 0 Å². The molecular formula is C19H22N2O4S. The summed E-state index contributed by atoms with van der Waals surface area (Å²) in [5.74, 6) is 1.04. The maximum absolute atomic E-state index is 13.3. The third-order valence-electron chi connectivity index (χ3n) is 4.35. The lowest BCUT2D eigenvalue weighted by Crippen LogP contribution is -2.12. The number of hydrogen-bond acceptors (Lipinski definition) is 5. The maximum atomic E-state index is 13.3. The predicted octanol–water partition coefficient (Wildman–Crippen LogP) is 2.71. The maximum Gasteiger partial charge on any atom is 0.268 e. The van der Waals surface area contributed by atoms with Gasteiger partial charge in [0.1, 0.15) is 17.0 Å². The van der Waals surface area contributed by atoms with Gasteiger partial charge in [-0.3, -0.25) is 0 Å². The molecular weight excluding hydrogens is 352 g/mol.